The summed E-state index contributed by atoms with van der Waals surface area (Å²) < 4.78 is 5.47. The van der Waals surface area contributed by atoms with E-state index in [0.717, 1.165) is 0 Å². The van der Waals surface area contributed by atoms with Crippen LogP contribution in [0.1, 0.15) is 22.8 Å². The summed E-state index contributed by atoms with van der Waals surface area (Å²) in [5.41, 5.74) is 0.671. The van der Waals surface area contributed by atoms with Gasteiger partial charge in [0.2, 0.25) is 6.29 Å². The Kier molecular flexibility index (Phi) is 4.79. The SMILES string of the molecule is Cc1cccc(OOC(C)Oc2ccccc2)c1C(=O)O. The van der Waals surface area contributed by atoms with Crippen LogP contribution < -0.4 is 9.62 Å². The summed E-state index contributed by atoms with van der Waals surface area (Å²) in [6.07, 6.45) is -0.686. The van der Waals surface area contributed by atoms with Gasteiger partial charge in [-0.05, 0) is 30.7 Å². The van der Waals surface area contributed by atoms with Gasteiger partial charge in [0.05, 0.1) is 0 Å². The zero-order valence-corrected chi connectivity index (χ0v) is 11.8. The number of aryl methyl sites for hydroxylation is 1. The molecular formula is C16H16O5. The standard InChI is InChI=1S/C16H16O5/c1-11-7-6-10-14(15(11)16(17)18)21-20-12(2)19-13-8-4-3-5-9-13/h3-10,12H,1-2H3,(H,17,18). The minimum Gasteiger partial charge on any atom is -0.478 e. The molecule has 0 bridgehead atoms. The third-order valence-electron chi connectivity index (χ3n) is 2.77. The number of carbonyl (C=O) groups is 1. The highest BCUT2D eigenvalue weighted by molar-refractivity contribution is 5.92. The van der Waals surface area contributed by atoms with Crippen molar-refractivity contribution in [1.29, 1.82) is 0 Å². The lowest BCUT2D eigenvalue weighted by Crippen LogP contribution is -2.19. The molecule has 0 aliphatic rings. The summed E-state index contributed by atoms with van der Waals surface area (Å²) in [6.45, 7) is 3.35. The van der Waals surface area contributed by atoms with Crippen LogP contribution in [-0.4, -0.2) is 17.4 Å². The molecule has 1 N–H and O–H groups in total. The van der Waals surface area contributed by atoms with Crippen molar-refractivity contribution in [1.82, 2.24) is 0 Å². The van der Waals surface area contributed by atoms with Crippen LogP contribution in [0.4, 0.5) is 0 Å². The Labute approximate surface area is 122 Å². The first-order valence-electron chi connectivity index (χ1n) is 6.46. The van der Waals surface area contributed by atoms with Crippen LogP contribution in [0, 0.1) is 6.92 Å². The zero-order valence-electron chi connectivity index (χ0n) is 11.8. The van der Waals surface area contributed by atoms with E-state index in [1.807, 2.05) is 18.2 Å². The fraction of sp³-hybridized carbons (Fsp3) is 0.188. The van der Waals surface area contributed by atoms with Gasteiger partial charge < -0.3 is 14.7 Å². The minimum absolute atomic E-state index is 0.0735. The average molecular weight is 288 g/mol. The van der Waals surface area contributed by atoms with E-state index in [9.17, 15) is 9.90 Å². The predicted octanol–water partition coefficient (Wildman–Crippen LogP) is 3.43. The van der Waals surface area contributed by atoms with E-state index in [0.29, 0.717) is 11.3 Å². The molecule has 2 aromatic rings. The topological polar surface area (TPSA) is 65.0 Å². The summed E-state index contributed by atoms with van der Waals surface area (Å²) in [4.78, 5) is 21.4. The quantitative estimate of drug-likeness (QED) is 0.501. The Morgan fingerprint density at radius 2 is 1.81 bits per heavy atom. The molecule has 0 aromatic heterocycles. The van der Waals surface area contributed by atoms with Gasteiger partial charge in [0.15, 0.2) is 5.75 Å². The maximum Gasteiger partial charge on any atom is 0.339 e. The summed E-state index contributed by atoms with van der Waals surface area (Å²) in [6, 6.07) is 14.1. The number of aromatic carboxylic acids is 1. The molecule has 2 rings (SSSR count). The van der Waals surface area contributed by atoms with E-state index in [1.54, 1.807) is 38.1 Å². The summed E-state index contributed by atoms with van der Waals surface area (Å²) in [5, 5.41) is 9.18. The molecule has 0 aliphatic heterocycles. The lowest BCUT2D eigenvalue weighted by Gasteiger charge is -2.15. The van der Waals surface area contributed by atoms with Crippen LogP contribution in [0.5, 0.6) is 11.5 Å². The van der Waals surface area contributed by atoms with Crippen molar-refractivity contribution in [3.8, 4) is 11.5 Å². The molecule has 0 saturated heterocycles. The van der Waals surface area contributed by atoms with Crippen LogP contribution in [0.15, 0.2) is 48.5 Å². The van der Waals surface area contributed by atoms with Gasteiger partial charge in [-0.2, -0.15) is 0 Å². The van der Waals surface area contributed by atoms with Gasteiger partial charge in [0.1, 0.15) is 11.3 Å². The van der Waals surface area contributed by atoms with Crippen LogP contribution in [0.25, 0.3) is 0 Å². The van der Waals surface area contributed by atoms with E-state index in [-0.39, 0.29) is 11.3 Å². The highest BCUT2D eigenvalue weighted by atomic mass is 17.2. The van der Waals surface area contributed by atoms with Crippen molar-refractivity contribution in [3.05, 3.63) is 59.7 Å². The molecule has 21 heavy (non-hydrogen) atoms. The van der Waals surface area contributed by atoms with Gasteiger partial charge in [0.25, 0.3) is 0 Å². The number of hydrogen-bond donors (Lipinski definition) is 1. The summed E-state index contributed by atoms with van der Waals surface area (Å²) in [5.74, 6) is -0.286. The first kappa shape index (κ1) is 14.9. The third kappa shape index (κ3) is 3.97. The van der Waals surface area contributed by atoms with Crippen LogP contribution in [-0.2, 0) is 4.89 Å². The van der Waals surface area contributed by atoms with E-state index >= 15 is 0 Å². The van der Waals surface area contributed by atoms with Gasteiger partial charge in [-0.3, -0.25) is 0 Å². The average Bonchev–Trinajstić information content (AvgIpc) is 2.45. The molecule has 1 atom stereocenters. The number of rotatable bonds is 6. The number of para-hydroxylation sites is 1. The normalized spacial score (nSPS) is 11.7. The van der Waals surface area contributed by atoms with Gasteiger partial charge in [-0.1, -0.05) is 30.3 Å². The second-order valence-electron chi connectivity index (χ2n) is 4.43. The molecule has 0 amide bonds. The van der Waals surface area contributed by atoms with Crippen molar-refractivity contribution >= 4 is 5.97 Å². The molecule has 1 unspecified atom stereocenters. The van der Waals surface area contributed by atoms with Crippen molar-refractivity contribution in [2.45, 2.75) is 20.1 Å². The predicted molar refractivity (Wildman–Crippen MR) is 76.4 cm³/mol. The second-order valence-corrected chi connectivity index (χ2v) is 4.43. The molecule has 0 fully saturated rings. The minimum atomic E-state index is -1.07. The molecule has 2 aromatic carbocycles. The molecule has 0 heterocycles. The lowest BCUT2D eigenvalue weighted by molar-refractivity contribution is -0.289. The highest BCUT2D eigenvalue weighted by Gasteiger charge is 2.16. The molecule has 5 nitrogen and oxygen atoms in total. The number of benzene rings is 2. The fourth-order valence-electron chi connectivity index (χ4n) is 1.81. The summed E-state index contributed by atoms with van der Waals surface area (Å²) >= 11 is 0. The van der Waals surface area contributed by atoms with Crippen molar-refractivity contribution in [2.75, 3.05) is 0 Å². The third-order valence-corrected chi connectivity index (χ3v) is 2.77. The Morgan fingerprint density at radius 3 is 2.48 bits per heavy atom. The molecule has 0 saturated carbocycles. The van der Waals surface area contributed by atoms with Gasteiger partial charge in [-0.15, -0.1) is 4.89 Å². The first-order chi connectivity index (χ1) is 10.1. The van der Waals surface area contributed by atoms with Crippen molar-refractivity contribution < 1.29 is 24.4 Å². The largest absolute Gasteiger partial charge is 0.478 e. The number of carboxylic acid groups (broad SMARTS) is 1. The van der Waals surface area contributed by atoms with Gasteiger partial charge in [-0.25, -0.2) is 4.79 Å². The molecule has 5 heteroatoms. The fourth-order valence-corrected chi connectivity index (χ4v) is 1.81. The Bertz CT molecular complexity index is 609. The molecule has 0 radical (unpaired) electrons. The lowest BCUT2D eigenvalue weighted by atomic mass is 10.1. The van der Waals surface area contributed by atoms with Crippen LogP contribution in [0.2, 0.25) is 0 Å². The Hall–Kier alpha value is -2.53. The number of hydrogen-bond acceptors (Lipinski definition) is 4. The van der Waals surface area contributed by atoms with Crippen molar-refractivity contribution in [3.63, 3.8) is 0 Å². The van der Waals surface area contributed by atoms with Crippen LogP contribution >= 0.6 is 0 Å². The zero-order chi connectivity index (χ0) is 15.2. The van der Waals surface area contributed by atoms with Gasteiger partial charge in [0, 0.05) is 6.92 Å². The Balaban J connectivity index is 2.00. The van der Waals surface area contributed by atoms with Crippen LogP contribution in [0.3, 0.4) is 0 Å². The van der Waals surface area contributed by atoms with Crippen molar-refractivity contribution in [2.24, 2.45) is 0 Å². The highest BCUT2D eigenvalue weighted by Crippen LogP contribution is 2.23. The maximum atomic E-state index is 11.2. The maximum absolute atomic E-state index is 11.2. The van der Waals surface area contributed by atoms with E-state index in [4.69, 9.17) is 14.5 Å². The second kappa shape index (κ2) is 6.76. The van der Waals surface area contributed by atoms with Gasteiger partial charge >= 0.3 is 5.97 Å². The first-order valence-corrected chi connectivity index (χ1v) is 6.46. The monoisotopic (exact) mass is 288 g/mol. The molecule has 0 spiro atoms. The smallest absolute Gasteiger partial charge is 0.339 e. The summed E-state index contributed by atoms with van der Waals surface area (Å²) in [7, 11) is 0. The molecule has 110 valence electrons. The Morgan fingerprint density at radius 1 is 1.10 bits per heavy atom. The number of ether oxygens (including phenoxy) is 1. The molecular weight excluding hydrogens is 272 g/mol. The van der Waals surface area contributed by atoms with E-state index in [1.165, 1.54) is 6.07 Å². The van der Waals surface area contributed by atoms with E-state index in [2.05, 4.69) is 0 Å². The van der Waals surface area contributed by atoms with E-state index < -0.39 is 12.3 Å². The number of carboxylic acids is 1. The molecule has 0 aliphatic carbocycles.